The molecule has 0 bridgehead atoms. The van der Waals surface area contributed by atoms with Gasteiger partial charge in [-0.1, -0.05) is 0 Å². The molecule has 0 aromatic carbocycles. The van der Waals surface area contributed by atoms with Gasteiger partial charge in [-0.15, -0.1) is 0 Å². The van der Waals surface area contributed by atoms with Gasteiger partial charge in [0.2, 0.25) is 0 Å². The van der Waals surface area contributed by atoms with Gasteiger partial charge in [0.25, 0.3) is 0 Å². The summed E-state index contributed by atoms with van der Waals surface area (Å²) in [5.41, 5.74) is 0. The van der Waals surface area contributed by atoms with Gasteiger partial charge < -0.3 is 5.48 Å². The second kappa shape index (κ2) is 7.03. The van der Waals surface area contributed by atoms with Crippen LogP contribution in [0, 0.1) is 0 Å². The third-order valence-corrected chi connectivity index (χ3v) is 0. The molecule has 0 unspecified atom stereocenters. The Bertz CT molecular complexity index is 11.6. The summed E-state index contributed by atoms with van der Waals surface area (Å²) >= 11 is 7.54. The van der Waals surface area contributed by atoms with Crippen LogP contribution in [0.5, 0.6) is 0 Å². The molecule has 0 fully saturated rings. The fourth-order valence-corrected chi connectivity index (χ4v) is 0. The summed E-state index contributed by atoms with van der Waals surface area (Å²) in [5, 5.41) is 0. The van der Waals surface area contributed by atoms with Crippen LogP contribution < -0.4 is 0 Å². The fourth-order valence-electron chi connectivity index (χ4n) is 0. The number of halogens is 3. The monoisotopic (exact) mass is 489 g/mol. The van der Waals surface area contributed by atoms with E-state index in [9.17, 15) is 0 Å². The van der Waals surface area contributed by atoms with E-state index < -0.39 is 9.18 Å². The van der Waals surface area contributed by atoms with E-state index in [1.54, 1.807) is 0 Å². The van der Waals surface area contributed by atoms with Crippen molar-refractivity contribution in [3.05, 3.63) is 0 Å². The summed E-state index contributed by atoms with van der Waals surface area (Å²) in [4.78, 5) is 0. The zero-order chi connectivity index (χ0) is 3.58. The zero-order valence-electron chi connectivity index (χ0n) is 2.13. The van der Waals surface area contributed by atoms with Gasteiger partial charge in [-0.3, -0.25) is 0 Å². The molecule has 0 saturated heterocycles. The Labute approximate surface area is 66.7 Å². The molecular formula is H2I3OZr. The molecule has 0 aromatic rings. The van der Waals surface area contributed by atoms with Crippen molar-refractivity contribution in [1.29, 1.82) is 0 Å². The molecule has 0 aliphatic rings. The van der Waals surface area contributed by atoms with Gasteiger partial charge in [-0.2, -0.15) is 0 Å². The molecule has 0 spiro atoms. The molecular weight excluding hydrogens is 488 g/mol. The molecule has 5 heavy (non-hydrogen) atoms. The molecule has 1 nitrogen and oxygen atoms in total. The van der Waals surface area contributed by atoms with Gasteiger partial charge in [-0.25, -0.2) is 0 Å². The van der Waals surface area contributed by atoms with Crippen molar-refractivity contribution < 1.29 is 14.7 Å². The van der Waals surface area contributed by atoms with Gasteiger partial charge in [0.15, 0.2) is 0 Å². The molecule has 0 heterocycles. The summed E-state index contributed by atoms with van der Waals surface area (Å²) in [6.07, 6.45) is 0. The van der Waals surface area contributed by atoms with Crippen LogP contribution in [-0.4, -0.2) is 5.48 Å². The minimum absolute atomic E-state index is 0. The van der Waals surface area contributed by atoms with Crippen LogP contribution in [0.25, 0.3) is 0 Å². The van der Waals surface area contributed by atoms with Crippen molar-refractivity contribution in [2.24, 2.45) is 0 Å². The van der Waals surface area contributed by atoms with E-state index in [4.69, 9.17) is 0 Å². The van der Waals surface area contributed by atoms with E-state index in [2.05, 4.69) is 54.1 Å². The van der Waals surface area contributed by atoms with Crippen LogP contribution in [0.2, 0.25) is 0 Å². The Hall–Kier alpha value is 3.03. The van der Waals surface area contributed by atoms with Crippen LogP contribution in [-0.2, 0) is 9.18 Å². The maximum absolute atomic E-state index is 2.51. The van der Waals surface area contributed by atoms with Gasteiger partial charge in [0.05, 0.1) is 0 Å². The summed E-state index contributed by atoms with van der Waals surface area (Å²) < 4.78 is 0. The first-order chi connectivity index (χ1) is 1.73. The molecule has 0 atom stereocenters. The molecule has 33 valence electrons. The van der Waals surface area contributed by atoms with E-state index in [-0.39, 0.29) is 5.48 Å². The molecule has 0 saturated carbocycles. The second-order valence-electron chi connectivity index (χ2n) is 0.214. The van der Waals surface area contributed by atoms with Crippen molar-refractivity contribution in [1.82, 2.24) is 0 Å². The molecule has 0 aliphatic carbocycles. The summed E-state index contributed by atoms with van der Waals surface area (Å²) in [7, 11) is -0.633. The molecule has 0 radical (unpaired) electrons. The molecule has 0 aliphatic heterocycles. The standard InChI is InChI=1S/3HI.H2O.Zr/h3*1H;1H2;/q;;;;+3/p-3. The SMILES string of the molecule is O.[I][Zr]([I])[I]. The van der Waals surface area contributed by atoms with E-state index in [1.165, 1.54) is 0 Å². The first-order valence-corrected chi connectivity index (χ1v) is 22.5. The summed E-state index contributed by atoms with van der Waals surface area (Å²) in [6.45, 7) is 0. The predicted molar refractivity (Wildman–Crippen MR) is 45.7 cm³/mol. The minimum atomic E-state index is -0.633. The van der Waals surface area contributed by atoms with Crippen molar-refractivity contribution in [2.45, 2.75) is 0 Å². The summed E-state index contributed by atoms with van der Waals surface area (Å²) in [6, 6.07) is 0. The van der Waals surface area contributed by atoms with Crippen molar-refractivity contribution in [2.75, 3.05) is 0 Å². The third kappa shape index (κ3) is 19.4. The Balaban J connectivity index is 0. The van der Waals surface area contributed by atoms with E-state index in [1.807, 2.05) is 0 Å². The molecule has 0 aromatic heterocycles. The molecule has 5 heteroatoms. The molecule has 2 N–H and O–H groups in total. The van der Waals surface area contributed by atoms with Crippen LogP contribution >= 0.6 is 54.1 Å². The fraction of sp³-hybridized carbons (Fsp3) is 0. The average Bonchev–Trinajstić information content (AvgIpc) is 0.811. The van der Waals surface area contributed by atoms with Crippen molar-refractivity contribution in [3.63, 3.8) is 0 Å². The summed E-state index contributed by atoms with van der Waals surface area (Å²) in [5.74, 6) is 0. The van der Waals surface area contributed by atoms with Crippen LogP contribution in [0.1, 0.15) is 0 Å². The second-order valence-corrected chi connectivity index (χ2v) is 57.0. The topological polar surface area (TPSA) is 31.5 Å². The van der Waals surface area contributed by atoms with Crippen LogP contribution in [0.3, 0.4) is 0 Å². The molecule has 0 rings (SSSR count). The Morgan fingerprint density at radius 2 is 1.00 bits per heavy atom. The third-order valence-electron chi connectivity index (χ3n) is 0. The quantitative estimate of drug-likeness (QED) is 0.465. The van der Waals surface area contributed by atoms with E-state index in [0.29, 0.717) is 0 Å². The van der Waals surface area contributed by atoms with E-state index in [0.717, 1.165) is 0 Å². The van der Waals surface area contributed by atoms with Crippen LogP contribution in [0.15, 0.2) is 0 Å². The first-order valence-electron chi connectivity index (χ1n) is 0.567. The van der Waals surface area contributed by atoms with Gasteiger partial charge in [0, 0.05) is 0 Å². The predicted octanol–water partition coefficient (Wildman–Crippen LogP) is 1.83. The Morgan fingerprint density at radius 3 is 1.00 bits per heavy atom. The number of rotatable bonds is 0. The van der Waals surface area contributed by atoms with Gasteiger partial charge in [-0.05, 0) is 0 Å². The average molecular weight is 490 g/mol. The molecule has 0 amide bonds. The maximum atomic E-state index is 2.51. The number of hydrogen-bond donors (Lipinski definition) is 0. The Kier molecular flexibility index (Phi) is 15.4. The Morgan fingerprint density at radius 1 is 1.00 bits per heavy atom. The number of hydrogen-bond acceptors (Lipinski definition) is 0. The first kappa shape index (κ1) is 10.9. The van der Waals surface area contributed by atoms with E-state index >= 15 is 0 Å². The van der Waals surface area contributed by atoms with Gasteiger partial charge in [0.1, 0.15) is 0 Å². The van der Waals surface area contributed by atoms with Crippen LogP contribution in [0.4, 0.5) is 0 Å². The van der Waals surface area contributed by atoms with Gasteiger partial charge >= 0.3 is 63.3 Å². The normalized spacial score (nSPS) is 5.40. The van der Waals surface area contributed by atoms with Crippen molar-refractivity contribution in [3.8, 4) is 0 Å². The van der Waals surface area contributed by atoms with Crippen molar-refractivity contribution >= 4 is 54.1 Å². The zero-order valence-corrected chi connectivity index (χ0v) is 11.1.